The van der Waals surface area contributed by atoms with Gasteiger partial charge in [0.2, 0.25) is 0 Å². The van der Waals surface area contributed by atoms with Crippen LogP contribution in [0.3, 0.4) is 0 Å². The second-order valence-electron chi connectivity index (χ2n) is 4.44. The van der Waals surface area contributed by atoms with Gasteiger partial charge in [-0.2, -0.15) is 0 Å². The topological polar surface area (TPSA) is 122 Å². The fourth-order valence-corrected chi connectivity index (χ4v) is 2.79. The van der Waals surface area contributed by atoms with Crippen molar-refractivity contribution < 1.29 is 24.0 Å². The maximum absolute atomic E-state index is 12.3. The molecule has 0 aromatic carbocycles. The third-order valence-electron chi connectivity index (χ3n) is 3.22. The highest BCUT2D eigenvalue weighted by Gasteiger charge is 2.73. The zero-order chi connectivity index (χ0) is 17.4. The molecule has 0 fully saturated rings. The Hall–Kier alpha value is -1.12. The molecule has 0 atom stereocenters. The third kappa shape index (κ3) is 3.80. The molecule has 0 spiro atoms. The van der Waals surface area contributed by atoms with Crippen LogP contribution in [0.1, 0.15) is 26.7 Å². The number of halogens is 2. The van der Waals surface area contributed by atoms with Gasteiger partial charge in [-0.1, -0.05) is 0 Å². The molecule has 0 saturated heterocycles. The Bertz CT molecular complexity index is 394. The zero-order valence-electron chi connectivity index (χ0n) is 12.5. The smallest absolute Gasteiger partial charge is 0.427 e. The summed E-state index contributed by atoms with van der Waals surface area (Å²) in [7, 11) is 0. The molecule has 2 N–H and O–H groups in total. The van der Waals surface area contributed by atoms with Crippen LogP contribution < -0.4 is 5.73 Å². The Morgan fingerprint density at radius 2 is 1.45 bits per heavy atom. The summed E-state index contributed by atoms with van der Waals surface area (Å²) in [5, 5.41) is 11.7. The van der Waals surface area contributed by atoms with Crippen LogP contribution in [0.4, 0.5) is 0 Å². The van der Waals surface area contributed by atoms with E-state index >= 15 is 0 Å². The van der Waals surface area contributed by atoms with Crippen molar-refractivity contribution in [2.75, 3.05) is 25.0 Å². The van der Waals surface area contributed by atoms with E-state index in [-0.39, 0.29) is 37.8 Å². The van der Waals surface area contributed by atoms with Crippen molar-refractivity contribution in [1.82, 2.24) is 0 Å². The number of alkyl halides is 2. The van der Waals surface area contributed by atoms with Crippen LogP contribution in [0.15, 0.2) is 0 Å². The molecule has 0 heterocycles. The van der Waals surface area contributed by atoms with Crippen LogP contribution in [0.25, 0.3) is 0 Å². The number of hydrogen-bond donors (Lipinski definition) is 1. The quantitative estimate of drug-likeness (QED) is 0.204. The molecule has 0 rings (SSSR count). The van der Waals surface area contributed by atoms with Gasteiger partial charge in [-0.25, -0.2) is 9.59 Å². The van der Waals surface area contributed by atoms with Crippen LogP contribution in [0, 0.1) is 10.1 Å². The molecule has 0 bridgehead atoms. The van der Waals surface area contributed by atoms with Crippen molar-refractivity contribution in [3.05, 3.63) is 10.1 Å². The Morgan fingerprint density at radius 3 is 1.68 bits per heavy atom. The predicted octanol–water partition coefficient (Wildman–Crippen LogP) is 1.08. The van der Waals surface area contributed by atoms with E-state index in [0.717, 1.165) is 0 Å². The van der Waals surface area contributed by atoms with Gasteiger partial charge >= 0.3 is 17.5 Å². The summed E-state index contributed by atoms with van der Waals surface area (Å²) in [5.74, 6) is -2.98. The molecule has 8 nitrogen and oxygen atoms in total. The molecule has 0 amide bonds. The summed E-state index contributed by atoms with van der Waals surface area (Å²) >= 11 is 11.3. The first kappa shape index (κ1) is 20.9. The molecular weight excluding hydrogens is 339 g/mol. The van der Waals surface area contributed by atoms with E-state index in [2.05, 4.69) is 0 Å². The van der Waals surface area contributed by atoms with Gasteiger partial charge in [-0.15, -0.1) is 23.2 Å². The lowest BCUT2D eigenvalue weighted by Crippen LogP contribution is -2.73. The van der Waals surface area contributed by atoms with Gasteiger partial charge in [-0.05, 0) is 26.7 Å². The van der Waals surface area contributed by atoms with E-state index in [9.17, 15) is 19.7 Å². The number of ether oxygens (including phenoxy) is 2. The fraction of sp³-hybridized carbons (Fsp3) is 0.833. The summed E-state index contributed by atoms with van der Waals surface area (Å²) in [6.45, 7) is 2.58. The first-order valence-corrected chi connectivity index (χ1v) is 7.75. The van der Waals surface area contributed by atoms with Gasteiger partial charge in [0.05, 0.1) is 18.1 Å². The minimum absolute atomic E-state index is 0.109. The van der Waals surface area contributed by atoms with E-state index < -0.39 is 27.9 Å². The summed E-state index contributed by atoms with van der Waals surface area (Å²) in [4.78, 5) is 35.2. The first-order chi connectivity index (χ1) is 10.3. The van der Waals surface area contributed by atoms with Crippen LogP contribution in [-0.4, -0.2) is 52.9 Å². The molecule has 0 radical (unpaired) electrons. The minimum atomic E-state index is -2.91. The molecule has 0 saturated carbocycles. The average molecular weight is 359 g/mol. The summed E-state index contributed by atoms with van der Waals surface area (Å²) < 4.78 is 9.45. The largest absolute Gasteiger partial charge is 0.460 e. The standard InChI is InChI=1S/C12H20Cl2N2O6/c1-3-21-9(17)12(16(19)20,10(18)22-4-2)11(15,5-7-13)6-8-14/h3-8,15H2,1-2H3. The molecule has 0 aliphatic rings. The van der Waals surface area contributed by atoms with Crippen LogP contribution in [-0.2, 0) is 19.1 Å². The Kier molecular flexibility index (Phi) is 8.65. The van der Waals surface area contributed by atoms with Crippen molar-refractivity contribution >= 4 is 35.1 Å². The lowest BCUT2D eigenvalue weighted by atomic mass is 9.73. The summed E-state index contributed by atoms with van der Waals surface area (Å²) in [6.07, 6.45) is -0.389. The van der Waals surface area contributed by atoms with Gasteiger partial charge in [0.15, 0.2) is 0 Å². The maximum atomic E-state index is 12.3. The molecule has 0 aliphatic heterocycles. The third-order valence-corrected chi connectivity index (χ3v) is 3.60. The number of carbonyl (C=O) groups is 2. The molecule has 22 heavy (non-hydrogen) atoms. The normalized spacial score (nSPS) is 11.9. The van der Waals surface area contributed by atoms with Crippen LogP contribution in [0.5, 0.6) is 0 Å². The molecule has 0 unspecified atom stereocenters. The average Bonchev–Trinajstić information content (AvgIpc) is 2.39. The van der Waals surface area contributed by atoms with Crippen molar-refractivity contribution in [1.29, 1.82) is 0 Å². The van der Waals surface area contributed by atoms with Crippen molar-refractivity contribution in [3.63, 3.8) is 0 Å². The van der Waals surface area contributed by atoms with Crippen LogP contribution >= 0.6 is 23.2 Å². The highest BCUT2D eigenvalue weighted by molar-refractivity contribution is 6.18. The molecule has 0 aromatic heterocycles. The number of hydrogen-bond acceptors (Lipinski definition) is 7. The lowest BCUT2D eigenvalue weighted by Gasteiger charge is -2.36. The Balaban J connectivity index is 6.27. The maximum Gasteiger partial charge on any atom is 0.427 e. The van der Waals surface area contributed by atoms with E-state index in [1.807, 2.05) is 0 Å². The molecule has 0 aliphatic carbocycles. The molecular formula is C12H20Cl2N2O6. The predicted molar refractivity (Wildman–Crippen MR) is 80.6 cm³/mol. The van der Waals surface area contributed by atoms with E-state index in [1.54, 1.807) is 0 Å². The molecule has 0 aromatic rings. The molecule has 128 valence electrons. The van der Waals surface area contributed by atoms with Crippen LogP contribution in [0.2, 0.25) is 0 Å². The Morgan fingerprint density at radius 1 is 1.09 bits per heavy atom. The van der Waals surface area contributed by atoms with Crippen molar-refractivity contribution in [3.8, 4) is 0 Å². The van der Waals surface area contributed by atoms with Gasteiger partial charge in [0.1, 0.15) is 5.54 Å². The number of rotatable bonds is 10. The van der Waals surface area contributed by atoms with Crippen molar-refractivity contribution in [2.45, 2.75) is 37.8 Å². The number of esters is 2. The second-order valence-corrected chi connectivity index (χ2v) is 5.20. The number of carbonyl (C=O) groups excluding carboxylic acids is 2. The van der Waals surface area contributed by atoms with Gasteiger partial charge in [0, 0.05) is 11.8 Å². The number of nitrogens with two attached hydrogens (primary N) is 1. The number of nitro groups is 1. The van der Waals surface area contributed by atoms with E-state index in [0.29, 0.717) is 0 Å². The summed E-state index contributed by atoms with van der Waals surface area (Å²) in [6, 6.07) is 0. The Labute approximate surface area is 138 Å². The molecule has 10 heteroatoms. The number of nitrogens with zero attached hydrogens (tertiary/aromatic N) is 1. The van der Waals surface area contributed by atoms with E-state index in [4.69, 9.17) is 38.4 Å². The second kappa shape index (κ2) is 9.12. The first-order valence-electron chi connectivity index (χ1n) is 6.68. The van der Waals surface area contributed by atoms with Gasteiger partial charge < -0.3 is 15.2 Å². The van der Waals surface area contributed by atoms with Gasteiger partial charge in [-0.3, -0.25) is 10.1 Å². The SMILES string of the molecule is CCOC(=O)C(C(=O)OCC)([N+](=O)[O-])C(N)(CCCl)CCCl. The lowest BCUT2D eigenvalue weighted by molar-refractivity contribution is -0.553. The zero-order valence-corrected chi connectivity index (χ0v) is 14.0. The highest BCUT2D eigenvalue weighted by atomic mass is 35.5. The summed E-state index contributed by atoms with van der Waals surface area (Å²) in [5.41, 5.74) is 1.20. The fourth-order valence-electron chi connectivity index (χ4n) is 2.12. The monoisotopic (exact) mass is 358 g/mol. The minimum Gasteiger partial charge on any atom is -0.460 e. The van der Waals surface area contributed by atoms with Crippen molar-refractivity contribution in [2.24, 2.45) is 5.73 Å². The van der Waals surface area contributed by atoms with Gasteiger partial charge in [0.25, 0.3) is 0 Å². The van der Waals surface area contributed by atoms with E-state index in [1.165, 1.54) is 13.8 Å². The highest BCUT2D eigenvalue weighted by Crippen LogP contribution is 2.34.